The lowest BCUT2D eigenvalue weighted by molar-refractivity contribution is 0.380. The lowest BCUT2D eigenvalue weighted by Crippen LogP contribution is -2.41. The highest BCUT2D eigenvalue weighted by atomic mass is 127. The van der Waals surface area contributed by atoms with Gasteiger partial charge in [-0.25, -0.2) is 8.42 Å². The second kappa shape index (κ2) is 9.20. The summed E-state index contributed by atoms with van der Waals surface area (Å²) in [4.78, 5) is 4.22. The SMILES string of the molecule is CCc1noc(CC)c1CNC(=NC)NCC1(CS(C)(=O)=O)CC1.I. The highest BCUT2D eigenvalue weighted by molar-refractivity contribution is 14.0. The molecule has 0 saturated heterocycles. The summed E-state index contributed by atoms with van der Waals surface area (Å²) in [5.74, 6) is 1.79. The summed E-state index contributed by atoms with van der Waals surface area (Å²) in [5, 5.41) is 10.6. The van der Waals surface area contributed by atoms with Gasteiger partial charge in [0, 0.05) is 43.8 Å². The summed E-state index contributed by atoms with van der Waals surface area (Å²) in [6.07, 6.45) is 4.80. The maximum absolute atomic E-state index is 11.5. The van der Waals surface area contributed by atoms with Crippen LogP contribution in [0.15, 0.2) is 9.52 Å². The number of aryl methyl sites for hydroxylation is 2. The summed E-state index contributed by atoms with van der Waals surface area (Å²) in [7, 11) is -1.25. The number of guanidine groups is 1. The van der Waals surface area contributed by atoms with Gasteiger partial charge in [0.15, 0.2) is 5.96 Å². The lowest BCUT2D eigenvalue weighted by atomic mass is 10.1. The maximum atomic E-state index is 11.5. The summed E-state index contributed by atoms with van der Waals surface area (Å²) in [6, 6.07) is 0. The molecule has 1 aliphatic carbocycles. The topological polar surface area (TPSA) is 96.6 Å². The van der Waals surface area contributed by atoms with E-state index >= 15 is 0 Å². The first-order chi connectivity index (χ1) is 11.3. The molecule has 2 rings (SSSR count). The van der Waals surface area contributed by atoms with Crippen molar-refractivity contribution in [2.45, 2.75) is 46.1 Å². The van der Waals surface area contributed by atoms with Crippen molar-refractivity contribution in [3.8, 4) is 0 Å². The molecule has 0 amide bonds. The molecule has 1 aliphatic rings. The zero-order valence-electron chi connectivity index (χ0n) is 15.4. The normalized spacial score (nSPS) is 16.2. The quantitative estimate of drug-likeness (QED) is 0.333. The van der Waals surface area contributed by atoms with E-state index in [-0.39, 0.29) is 35.1 Å². The Labute approximate surface area is 167 Å². The molecular formula is C16H29IN4O3S. The van der Waals surface area contributed by atoms with Crippen molar-refractivity contribution < 1.29 is 12.9 Å². The van der Waals surface area contributed by atoms with Gasteiger partial charge in [0.25, 0.3) is 0 Å². The average molecular weight is 484 g/mol. The molecular weight excluding hydrogens is 455 g/mol. The van der Waals surface area contributed by atoms with Crippen LogP contribution in [0.2, 0.25) is 0 Å². The Hall–Kier alpha value is -0.840. The molecule has 7 nitrogen and oxygen atoms in total. The molecule has 2 N–H and O–H groups in total. The van der Waals surface area contributed by atoms with E-state index in [0.717, 1.165) is 42.7 Å². The van der Waals surface area contributed by atoms with Crippen molar-refractivity contribution in [1.29, 1.82) is 0 Å². The Bertz CT molecular complexity index is 675. The van der Waals surface area contributed by atoms with Gasteiger partial charge in [-0.15, -0.1) is 24.0 Å². The zero-order valence-corrected chi connectivity index (χ0v) is 18.5. The minimum Gasteiger partial charge on any atom is -0.361 e. The Morgan fingerprint density at radius 1 is 1.28 bits per heavy atom. The van der Waals surface area contributed by atoms with Crippen LogP contribution in [0, 0.1) is 5.41 Å². The summed E-state index contributed by atoms with van der Waals surface area (Å²) < 4.78 is 28.4. The van der Waals surface area contributed by atoms with Gasteiger partial charge in [-0.3, -0.25) is 4.99 Å². The van der Waals surface area contributed by atoms with Crippen molar-refractivity contribution >= 4 is 39.8 Å². The number of nitrogens with zero attached hydrogens (tertiary/aromatic N) is 2. The van der Waals surface area contributed by atoms with E-state index in [9.17, 15) is 8.42 Å². The third-order valence-electron chi connectivity index (χ3n) is 4.42. The van der Waals surface area contributed by atoms with Crippen LogP contribution in [0.4, 0.5) is 0 Å². The molecule has 1 heterocycles. The van der Waals surface area contributed by atoms with E-state index < -0.39 is 9.84 Å². The van der Waals surface area contributed by atoms with Crippen molar-refractivity contribution in [3.05, 3.63) is 17.0 Å². The number of aromatic nitrogens is 1. The Morgan fingerprint density at radius 2 is 1.96 bits per heavy atom. The number of rotatable bonds is 8. The molecule has 1 aromatic heterocycles. The maximum Gasteiger partial charge on any atom is 0.191 e. The smallest absolute Gasteiger partial charge is 0.191 e. The van der Waals surface area contributed by atoms with Crippen LogP contribution in [0.5, 0.6) is 0 Å². The van der Waals surface area contributed by atoms with E-state index in [0.29, 0.717) is 19.0 Å². The Balaban J connectivity index is 0.00000312. The summed E-state index contributed by atoms with van der Waals surface area (Å²) in [6.45, 7) is 5.30. The highest BCUT2D eigenvalue weighted by Crippen LogP contribution is 2.45. The molecule has 0 spiro atoms. The first-order valence-electron chi connectivity index (χ1n) is 8.41. The third kappa shape index (κ3) is 6.43. The molecule has 0 atom stereocenters. The van der Waals surface area contributed by atoms with Crippen molar-refractivity contribution in [2.75, 3.05) is 25.6 Å². The second-order valence-electron chi connectivity index (χ2n) is 6.59. The molecule has 144 valence electrons. The van der Waals surface area contributed by atoms with Gasteiger partial charge in [0.1, 0.15) is 15.6 Å². The minimum atomic E-state index is -2.96. The van der Waals surface area contributed by atoms with Crippen LogP contribution in [0.1, 0.15) is 43.7 Å². The molecule has 1 aromatic rings. The number of aliphatic imine (C=N–C) groups is 1. The predicted octanol–water partition coefficient (Wildman–Crippen LogP) is 1.91. The van der Waals surface area contributed by atoms with E-state index in [4.69, 9.17) is 4.52 Å². The molecule has 0 aromatic carbocycles. The second-order valence-corrected chi connectivity index (χ2v) is 8.73. The Kier molecular flexibility index (Phi) is 8.17. The van der Waals surface area contributed by atoms with Crippen LogP contribution in [-0.4, -0.2) is 45.1 Å². The van der Waals surface area contributed by atoms with Crippen LogP contribution < -0.4 is 10.6 Å². The van der Waals surface area contributed by atoms with Crippen molar-refractivity contribution in [1.82, 2.24) is 15.8 Å². The fourth-order valence-corrected chi connectivity index (χ4v) is 4.41. The Morgan fingerprint density at radius 3 is 2.44 bits per heavy atom. The van der Waals surface area contributed by atoms with E-state index in [1.54, 1.807) is 7.05 Å². The molecule has 1 saturated carbocycles. The number of hydrogen-bond donors (Lipinski definition) is 2. The molecule has 25 heavy (non-hydrogen) atoms. The molecule has 0 aliphatic heterocycles. The first kappa shape index (κ1) is 22.2. The largest absolute Gasteiger partial charge is 0.361 e. The van der Waals surface area contributed by atoms with Crippen LogP contribution in [0.3, 0.4) is 0 Å². The van der Waals surface area contributed by atoms with Gasteiger partial charge in [-0.05, 0) is 19.3 Å². The highest BCUT2D eigenvalue weighted by Gasteiger charge is 2.45. The molecule has 1 fully saturated rings. The number of halogens is 1. The van der Waals surface area contributed by atoms with Gasteiger partial charge in [0.05, 0.1) is 11.4 Å². The fourth-order valence-electron chi connectivity index (χ4n) is 2.91. The average Bonchev–Trinajstić information content (AvgIpc) is 3.14. The molecule has 0 unspecified atom stereocenters. The van der Waals surface area contributed by atoms with Gasteiger partial charge < -0.3 is 15.2 Å². The van der Waals surface area contributed by atoms with Gasteiger partial charge in [0.2, 0.25) is 0 Å². The monoisotopic (exact) mass is 484 g/mol. The van der Waals surface area contributed by atoms with E-state index in [1.165, 1.54) is 6.26 Å². The van der Waals surface area contributed by atoms with E-state index in [1.807, 2.05) is 6.92 Å². The van der Waals surface area contributed by atoms with Crippen LogP contribution >= 0.6 is 24.0 Å². The van der Waals surface area contributed by atoms with Crippen LogP contribution in [-0.2, 0) is 29.2 Å². The van der Waals surface area contributed by atoms with Crippen LogP contribution in [0.25, 0.3) is 0 Å². The lowest BCUT2D eigenvalue weighted by Gasteiger charge is -2.18. The fraction of sp³-hybridized carbons (Fsp3) is 0.750. The number of nitrogens with one attached hydrogen (secondary N) is 2. The van der Waals surface area contributed by atoms with Gasteiger partial charge >= 0.3 is 0 Å². The van der Waals surface area contributed by atoms with Crippen molar-refractivity contribution in [2.24, 2.45) is 10.4 Å². The summed E-state index contributed by atoms with van der Waals surface area (Å²) >= 11 is 0. The molecule has 0 bridgehead atoms. The predicted molar refractivity (Wildman–Crippen MR) is 110 cm³/mol. The zero-order chi connectivity index (χ0) is 17.8. The molecule has 9 heteroatoms. The first-order valence-corrected chi connectivity index (χ1v) is 10.5. The number of sulfone groups is 1. The third-order valence-corrected chi connectivity index (χ3v) is 5.56. The van der Waals surface area contributed by atoms with E-state index in [2.05, 4.69) is 27.7 Å². The summed E-state index contributed by atoms with van der Waals surface area (Å²) in [5.41, 5.74) is 1.91. The van der Waals surface area contributed by atoms with Gasteiger partial charge in [-0.1, -0.05) is 19.0 Å². The van der Waals surface area contributed by atoms with Crippen molar-refractivity contribution in [3.63, 3.8) is 0 Å². The minimum absolute atomic E-state index is 0. The van der Waals surface area contributed by atoms with Gasteiger partial charge in [-0.2, -0.15) is 0 Å². The standard InChI is InChI=1S/C16H28N4O3S.HI/c1-5-13-12(14(6-2)23-20-13)9-18-15(17-3)19-10-16(7-8-16)11-24(4,21)22;/h5-11H2,1-4H3,(H2,17,18,19);1H. The number of hydrogen-bond acceptors (Lipinski definition) is 5. The molecule has 0 radical (unpaired) electrons.